The van der Waals surface area contributed by atoms with Crippen molar-refractivity contribution in [3.63, 3.8) is 0 Å². The van der Waals surface area contributed by atoms with E-state index in [1.165, 1.54) is 0 Å². The monoisotopic (exact) mass is 288 g/mol. The molecule has 3 rings (SSSR count). The first-order valence-corrected chi connectivity index (χ1v) is 6.86. The van der Waals surface area contributed by atoms with Crippen LogP contribution in [0.1, 0.15) is 25.8 Å². The van der Waals surface area contributed by atoms with Gasteiger partial charge < -0.3 is 9.63 Å². The number of hydrogen-bond acceptors (Lipinski definition) is 5. The van der Waals surface area contributed by atoms with Gasteiger partial charge in [-0.3, -0.25) is 0 Å². The number of carboxylic acid groups (broad SMARTS) is 1. The number of aromatic carboxylic acids is 1. The largest absolute Gasteiger partial charge is 0.478 e. The SMILES string of the molecule is Cc1cc(-c2cc(C(=O)O)c3c(C)noc3n2)c(C)s1. The molecular weight excluding hydrogens is 276 g/mol. The van der Waals surface area contributed by atoms with Crippen molar-refractivity contribution in [1.29, 1.82) is 0 Å². The summed E-state index contributed by atoms with van der Waals surface area (Å²) in [6, 6.07) is 3.59. The summed E-state index contributed by atoms with van der Waals surface area (Å²) in [5.41, 5.74) is 2.51. The van der Waals surface area contributed by atoms with Crippen molar-refractivity contribution < 1.29 is 14.4 Å². The number of carboxylic acids is 1. The number of thiophene rings is 1. The van der Waals surface area contributed by atoms with Gasteiger partial charge >= 0.3 is 5.97 Å². The van der Waals surface area contributed by atoms with E-state index in [-0.39, 0.29) is 11.3 Å². The maximum atomic E-state index is 11.4. The van der Waals surface area contributed by atoms with E-state index in [0.29, 0.717) is 16.8 Å². The van der Waals surface area contributed by atoms with Gasteiger partial charge in [0, 0.05) is 15.3 Å². The Morgan fingerprint density at radius 3 is 2.65 bits per heavy atom. The van der Waals surface area contributed by atoms with Crippen molar-refractivity contribution >= 4 is 28.4 Å². The molecule has 0 radical (unpaired) electrons. The molecule has 20 heavy (non-hydrogen) atoms. The number of carbonyl (C=O) groups is 1. The van der Waals surface area contributed by atoms with Crippen LogP contribution in [-0.2, 0) is 0 Å². The first kappa shape index (κ1) is 12.8. The second-order valence-electron chi connectivity index (χ2n) is 4.64. The average Bonchev–Trinajstić information content (AvgIpc) is 2.92. The molecule has 0 atom stereocenters. The number of aromatic nitrogens is 2. The van der Waals surface area contributed by atoms with E-state index >= 15 is 0 Å². The van der Waals surface area contributed by atoms with Crippen LogP contribution in [-0.4, -0.2) is 21.2 Å². The number of fused-ring (bicyclic) bond motifs is 1. The molecule has 0 aliphatic rings. The Morgan fingerprint density at radius 2 is 2.05 bits per heavy atom. The van der Waals surface area contributed by atoms with E-state index in [2.05, 4.69) is 10.1 Å². The van der Waals surface area contributed by atoms with Crippen molar-refractivity contribution in [1.82, 2.24) is 10.1 Å². The summed E-state index contributed by atoms with van der Waals surface area (Å²) in [7, 11) is 0. The van der Waals surface area contributed by atoms with Crippen molar-refractivity contribution in [3.05, 3.63) is 33.1 Å². The van der Waals surface area contributed by atoms with E-state index in [1.54, 1.807) is 24.3 Å². The first-order valence-electron chi connectivity index (χ1n) is 6.05. The zero-order valence-corrected chi connectivity index (χ0v) is 12.0. The Labute approximate surface area is 118 Å². The number of pyridine rings is 1. The standard InChI is InChI=1S/C14H12N2O3S/c1-6-4-9(8(3)20-6)11-5-10(14(17)18)12-7(2)16-19-13(12)15-11/h4-5H,1-3H3,(H,17,18). The molecule has 102 valence electrons. The molecule has 0 amide bonds. The second-order valence-corrected chi connectivity index (χ2v) is 6.10. The zero-order chi connectivity index (χ0) is 14.4. The highest BCUT2D eigenvalue weighted by molar-refractivity contribution is 7.12. The van der Waals surface area contributed by atoms with Crippen LogP contribution < -0.4 is 0 Å². The van der Waals surface area contributed by atoms with Crippen molar-refractivity contribution in [2.24, 2.45) is 0 Å². The fourth-order valence-electron chi connectivity index (χ4n) is 2.29. The summed E-state index contributed by atoms with van der Waals surface area (Å²) >= 11 is 1.66. The lowest BCUT2D eigenvalue weighted by atomic mass is 10.1. The van der Waals surface area contributed by atoms with Gasteiger partial charge in [-0.15, -0.1) is 11.3 Å². The number of rotatable bonds is 2. The molecule has 5 nitrogen and oxygen atoms in total. The maximum Gasteiger partial charge on any atom is 0.336 e. The van der Waals surface area contributed by atoms with Crippen LogP contribution in [0.25, 0.3) is 22.4 Å². The first-order chi connectivity index (χ1) is 9.47. The molecule has 0 aliphatic heterocycles. The maximum absolute atomic E-state index is 11.4. The highest BCUT2D eigenvalue weighted by Gasteiger charge is 2.19. The van der Waals surface area contributed by atoms with Crippen LogP contribution in [0.3, 0.4) is 0 Å². The van der Waals surface area contributed by atoms with Crippen molar-refractivity contribution in [2.45, 2.75) is 20.8 Å². The van der Waals surface area contributed by atoms with Crippen LogP contribution in [0.5, 0.6) is 0 Å². The van der Waals surface area contributed by atoms with Gasteiger partial charge in [-0.05, 0) is 32.9 Å². The molecule has 0 spiro atoms. The van der Waals surface area contributed by atoms with Gasteiger partial charge in [0.1, 0.15) is 0 Å². The summed E-state index contributed by atoms with van der Waals surface area (Å²) in [5.74, 6) is -1.01. The summed E-state index contributed by atoms with van der Waals surface area (Å²) in [4.78, 5) is 18.1. The molecule has 6 heteroatoms. The molecule has 0 aromatic carbocycles. The lowest BCUT2D eigenvalue weighted by Crippen LogP contribution is -2.00. The molecule has 3 aromatic heterocycles. The molecule has 3 aromatic rings. The Morgan fingerprint density at radius 1 is 1.30 bits per heavy atom. The Bertz CT molecular complexity index is 832. The van der Waals surface area contributed by atoms with Gasteiger partial charge in [0.15, 0.2) is 0 Å². The summed E-state index contributed by atoms with van der Waals surface area (Å²) in [5, 5.41) is 13.6. The minimum Gasteiger partial charge on any atom is -0.478 e. The fraction of sp³-hybridized carbons (Fsp3) is 0.214. The Hall–Kier alpha value is -2.21. The Kier molecular flexibility index (Phi) is 2.83. The minimum absolute atomic E-state index is 0.173. The van der Waals surface area contributed by atoms with Gasteiger partial charge in [-0.2, -0.15) is 0 Å². The predicted octanol–water partition coefficient (Wildman–Crippen LogP) is 3.57. The number of hydrogen-bond donors (Lipinski definition) is 1. The lowest BCUT2D eigenvalue weighted by Gasteiger charge is -2.02. The smallest absolute Gasteiger partial charge is 0.336 e. The van der Waals surface area contributed by atoms with E-state index in [1.807, 2.05) is 19.9 Å². The predicted molar refractivity (Wildman–Crippen MR) is 76.3 cm³/mol. The van der Waals surface area contributed by atoms with Crippen LogP contribution in [0.2, 0.25) is 0 Å². The third-order valence-electron chi connectivity index (χ3n) is 3.16. The number of aryl methyl sites for hydroxylation is 3. The van der Waals surface area contributed by atoms with Crippen molar-refractivity contribution in [2.75, 3.05) is 0 Å². The van der Waals surface area contributed by atoms with Crippen LogP contribution >= 0.6 is 11.3 Å². The van der Waals surface area contributed by atoms with Gasteiger partial charge in [0.2, 0.25) is 0 Å². The quantitative estimate of drug-likeness (QED) is 0.780. The van der Waals surface area contributed by atoms with Crippen LogP contribution in [0.15, 0.2) is 16.7 Å². The molecule has 0 saturated carbocycles. The van der Waals surface area contributed by atoms with E-state index < -0.39 is 5.97 Å². The van der Waals surface area contributed by atoms with E-state index in [4.69, 9.17) is 4.52 Å². The fourth-order valence-corrected chi connectivity index (χ4v) is 3.22. The molecule has 0 saturated heterocycles. The highest BCUT2D eigenvalue weighted by Crippen LogP contribution is 2.32. The molecule has 0 bridgehead atoms. The highest BCUT2D eigenvalue weighted by atomic mass is 32.1. The minimum atomic E-state index is -1.01. The summed E-state index contributed by atoms with van der Waals surface area (Å²) in [6.07, 6.45) is 0. The zero-order valence-electron chi connectivity index (χ0n) is 11.2. The molecule has 1 N–H and O–H groups in total. The number of nitrogens with zero attached hydrogens (tertiary/aromatic N) is 2. The third kappa shape index (κ3) is 1.89. The van der Waals surface area contributed by atoms with Gasteiger partial charge in [-0.1, -0.05) is 5.16 Å². The topological polar surface area (TPSA) is 76.2 Å². The van der Waals surface area contributed by atoms with Gasteiger partial charge in [0.25, 0.3) is 5.71 Å². The second kappa shape index (κ2) is 4.42. The average molecular weight is 288 g/mol. The van der Waals surface area contributed by atoms with Gasteiger partial charge in [-0.25, -0.2) is 9.78 Å². The molecule has 3 heterocycles. The lowest BCUT2D eigenvalue weighted by molar-refractivity contribution is 0.0699. The van der Waals surface area contributed by atoms with E-state index in [0.717, 1.165) is 15.3 Å². The molecule has 0 unspecified atom stereocenters. The van der Waals surface area contributed by atoms with Gasteiger partial charge in [0.05, 0.1) is 22.3 Å². The molecular formula is C14H12N2O3S. The normalized spacial score (nSPS) is 11.2. The molecule has 0 fully saturated rings. The third-order valence-corrected chi connectivity index (χ3v) is 4.13. The summed E-state index contributed by atoms with van der Waals surface area (Å²) in [6.45, 7) is 5.71. The molecule has 0 aliphatic carbocycles. The summed E-state index contributed by atoms with van der Waals surface area (Å²) < 4.78 is 5.13. The van der Waals surface area contributed by atoms with Crippen molar-refractivity contribution in [3.8, 4) is 11.3 Å². The van der Waals surface area contributed by atoms with Crippen LogP contribution in [0, 0.1) is 20.8 Å². The van der Waals surface area contributed by atoms with Crippen LogP contribution in [0.4, 0.5) is 0 Å². The Balaban J connectivity index is 2.33. The van der Waals surface area contributed by atoms with E-state index in [9.17, 15) is 9.90 Å².